The summed E-state index contributed by atoms with van der Waals surface area (Å²) in [6.07, 6.45) is 1.04. The van der Waals surface area contributed by atoms with Gasteiger partial charge in [0.1, 0.15) is 18.4 Å². The number of aromatic nitrogens is 2. The number of hydrogen-bond acceptors (Lipinski definition) is 7. The lowest BCUT2D eigenvalue weighted by molar-refractivity contribution is -0.135. The molecule has 22 heavy (non-hydrogen) atoms. The van der Waals surface area contributed by atoms with Crippen LogP contribution in [0.15, 0.2) is 15.8 Å². The van der Waals surface area contributed by atoms with Crippen LogP contribution in [0.2, 0.25) is 0 Å². The third-order valence-electron chi connectivity index (χ3n) is 4.40. The van der Waals surface area contributed by atoms with Gasteiger partial charge in [0, 0.05) is 17.7 Å². The van der Waals surface area contributed by atoms with Crippen molar-refractivity contribution < 1.29 is 18.9 Å². The number of aliphatic hydroxyl groups excluding tert-OH is 1. The summed E-state index contributed by atoms with van der Waals surface area (Å²) in [5.74, 6) is -0.297. The number of ether oxygens (including phenoxy) is 1. The summed E-state index contributed by atoms with van der Waals surface area (Å²) in [6, 6.07) is 0. The predicted molar refractivity (Wildman–Crippen MR) is 78.6 cm³/mol. The maximum absolute atomic E-state index is 12.0. The lowest BCUT2D eigenvalue weighted by atomic mass is 10.0. The molecule has 1 saturated carbocycles. The van der Waals surface area contributed by atoms with Crippen LogP contribution in [0, 0.1) is 12.8 Å². The first-order chi connectivity index (χ1) is 10.3. The average molecular weight is 346 g/mol. The SMILES string of the molecule is Cc1cn([C@@H]2O[C@@]3(CO[P+](=O)[S-])CCC2[C@@H]3O)c(=O)[nH]c1=O. The minimum absolute atomic E-state index is 0.0864. The van der Waals surface area contributed by atoms with Gasteiger partial charge in [0.25, 0.3) is 5.56 Å². The van der Waals surface area contributed by atoms with E-state index in [2.05, 4.69) is 17.2 Å². The van der Waals surface area contributed by atoms with Crippen LogP contribution in [0.3, 0.4) is 0 Å². The zero-order valence-electron chi connectivity index (χ0n) is 11.7. The first-order valence-electron chi connectivity index (χ1n) is 6.79. The van der Waals surface area contributed by atoms with Crippen LogP contribution in [0.1, 0.15) is 24.6 Å². The molecule has 1 aromatic heterocycles. The monoisotopic (exact) mass is 346 g/mol. The van der Waals surface area contributed by atoms with Gasteiger partial charge in [0.05, 0.1) is 6.10 Å². The summed E-state index contributed by atoms with van der Waals surface area (Å²) < 4.78 is 23.1. The zero-order chi connectivity index (χ0) is 16.1. The van der Waals surface area contributed by atoms with Crippen LogP contribution >= 0.6 is 7.23 Å². The fourth-order valence-electron chi connectivity index (χ4n) is 3.25. The Balaban J connectivity index is 1.92. The number of hydrogen-bond donors (Lipinski definition) is 2. The van der Waals surface area contributed by atoms with Crippen molar-refractivity contribution in [1.29, 1.82) is 0 Å². The number of rotatable bonds is 4. The van der Waals surface area contributed by atoms with E-state index in [9.17, 15) is 19.3 Å². The molecule has 1 aliphatic carbocycles. The molecule has 2 bridgehead atoms. The highest BCUT2D eigenvalue weighted by atomic mass is 32.7. The predicted octanol–water partition coefficient (Wildman–Crippen LogP) is 0.104. The van der Waals surface area contributed by atoms with Crippen molar-refractivity contribution in [2.75, 3.05) is 6.61 Å². The van der Waals surface area contributed by atoms with Crippen LogP contribution in [-0.4, -0.2) is 33.0 Å². The number of nitrogens with zero attached hydrogens (tertiary/aromatic N) is 1. The molecule has 1 saturated heterocycles. The van der Waals surface area contributed by atoms with Crippen LogP contribution < -0.4 is 11.2 Å². The first-order valence-corrected chi connectivity index (χ1v) is 8.98. The number of fused-ring (bicyclic) bond motifs is 2. The van der Waals surface area contributed by atoms with Gasteiger partial charge in [-0.1, -0.05) is 4.57 Å². The molecule has 0 aromatic carbocycles. The highest BCUT2D eigenvalue weighted by molar-refractivity contribution is 8.25. The fraction of sp³-hybridized carbons (Fsp3) is 0.667. The van der Waals surface area contributed by atoms with Crippen LogP contribution in [-0.2, 0) is 26.1 Å². The Morgan fingerprint density at radius 2 is 2.36 bits per heavy atom. The molecule has 8 nitrogen and oxygen atoms in total. The molecule has 1 aromatic rings. The van der Waals surface area contributed by atoms with Crippen molar-refractivity contribution in [3.05, 3.63) is 32.6 Å². The highest BCUT2D eigenvalue weighted by Crippen LogP contribution is 2.53. The molecule has 0 radical (unpaired) electrons. The van der Waals surface area contributed by atoms with Gasteiger partial charge in [-0.15, -0.1) is 0 Å². The Bertz CT molecular complexity index is 733. The van der Waals surface area contributed by atoms with Crippen molar-refractivity contribution >= 4 is 19.5 Å². The highest BCUT2D eigenvalue weighted by Gasteiger charge is 2.61. The molecule has 2 N–H and O–H groups in total. The Morgan fingerprint density at radius 3 is 3.05 bits per heavy atom. The molecular formula is C12H15N2O6PS. The van der Waals surface area contributed by atoms with E-state index in [0.29, 0.717) is 18.4 Å². The van der Waals surface area contributed by atoms with Crippen molar-refractivity contribution in [3.8, 4) is 0 Å². The van der Waals surface area contributed by atoms with E-state index in [0.717, 1.165) is 0 Å². The Hall–Kier alpha value is -0.990. The standard InChI is InChI=1S/C12H15N2O6PS/c1-6-4-14(11(17)13-9(6)16)10-7-2-3-12(20-10,8(7)15)5-19-21(18)22/h4,7-8,10,15H,2-3,5H2,1H3,(H,13,16,17)/t7?,8-,10+,12+/m0/s1. The number of nitrogens with one attached hydrogen (secondary N) is 1. The number of aliphatic hydroxyl groups is 1. The molecule has 3 rings (SSSR count). The van der Waals surface area contributed by atoms with Gasteiger partial charge < -0.3 is 22.1 Å². The normalized spacial score (nSPS) is 34.1. The van der Waals surface area contributed by atoms with Gasteiger partial charge in [-0.2, -0.15) is 4.52 Å². The summed E-state index contributed by atoms with van der Waals surface area (Å²) in [7, 11) is -2.21. The van der Waals surface area contributed by atoms with Gasteiger partial charge in [-0.3, -0.25) is 14.3 Å². The van der Waals surface area contributed by atoms with Crippen molar-refractivity contribution in [3.63, 3.8) is 0 Å². The zero-order valence-corrected chi connectivity index (χ0v) is 13.4. The largest absolute Gasteiger partial charge is 0.408 e. The quantitative estimate of drug-likeness (QED) is 0.588. The van der Waals surface area contributed by atoms with Gasteiger partial charge in [0.15, 0.2) is 0 Å². The first kappa shape index (κ1) is 15.9. The third-order valence-corrected chi connectivity index (χ3v) is 5.06. The summed E-state index contributed by atoms with van der Waals surface area (Å²) in [5.41, 5.74) is -1.68. The molecular weight excluding hydrogens is 331 g/mol. The molecule has 0 amide bonds. The lowest BCUT2D eigenvalue weighted by Crippen LogP contribution is -2.42. The topological polar surface area (TPSA) is 111 Å². The van der Waals surface area contributed by atoms with Crippen molar-refractivity contribution in [2.24, 2.45) is 5.92 Å². The second-order valence-corrected chi connectivity index (χ2v) is 7.30. The summed E-state index contributed by atoms with van der Waals surface area (Å²) >= 11 is 4.49. The number of aromatic amines is 1. The van der Waals surface area contributed by atoms with E-state index in [1.54, 1.807) is 6.92 Å². The average Bonchev–Trinajstić information content (AvgIpc) is 2.91. The Labute approximate surface area is 131 Å². The number of aryl methyl sites for hydroxylation is 1. The Morgan fingerprint density at radius 1 is 1.64 bits per heavy atom. The molecule has 2 aliphatic rings. The maximum atomic E-state index is 12.0. The Kier molecular flexibility index (Phi) is 4.03. The minimum atomic E-state index is -2.21. The van der Waals surface area contributed by atoms with Crippen LogP contribution in [0.4, 0.5) is 0 Å². The molecule has 1 aliphatic heterocycles. The molecule has 2 unspecified atom stereocenters. The van der Waals surface area contributed by atoms with Gasteiger partial charge in [-0.25, -0.2) is 4.79 Å². The number of H-pyrrole nitrogens is 1. The second-order valence-electron chi connectivity index (χ2n) is 5.70. The van der Waals surface area contributed by atoms with Crippen molar-refractivity contribution in [2.45, 2.75) is 37.7 Å². The fourth-order valence-corrected chi connectivity index (χ4v) is 3.74. The van der Waals surface area contributed by atoms with E-state index in [-0.39, 0.29) is 12.5 Å². The molecule has 2 heterocycles. The molecule has 0 spiro atoms. The van der Waals surface area contributed by atoms with E-state index < -0.39 is 36.4 Å². The summed E-state index contributed by atoms with van der Waals surface area (Å²) in [6.45, 7) is 1.50. The van der Waals surface area contributed by atoms with Crippen LogP contribution in [0.5, 0.6) is 0 Å². The van der Waals surface area contributed by atoms with E-state index >= 15 is 0 Å². The van der Waals surface area contributed by atoms with E-state index in [1.165, 1.54) is 10.8 Å². The van der Waals surface area contributed by atoms with Gasteiger partial charge >= 0.3 is 12.9 Å². The molecule has 2 fully saturated rings. The lowest BCUT2D eigenvalue weighted by Gasteiger charge is -2.30. The molecule has 5 atom stereocenters. The van der Waals surface area contributed by atoms with Gasteiger partial charge in [0.2, 0.25) is 0 Å². The smallest absolute Gasteiger partial charge is 0.372 e. The van der Waals surface area contributed by atoms with Crippen LogP contribution in [0.25, 0.3) is 0 Å². The van der Waals surface area contributed by atoms with Crippen molar-refractivity contribution in [1.82, 2.24) is 9.55 Å². The molecule has 10 heteroatoms. The van der Waals surface area contributed by atoms with E-state index in [4.69, 9.17) is 9.26 Å². The second kappa shape index (κ2) is 5.58. The molecule has 120 valence electrons. The third kappa shape index (κ3) is 2.47. The van der Waals surface area contributed by atoms with Gasteiger partial charge in [-0.05, 0) is 19.8 Å². The van der Waals surface area contributed by atoms with E-state index in [1.807, 2.05) is 0 Å². The summed E-state index contributed by atoms with van der Waals surface area (Å²) in [4.78, 5) is 25.6. The minimum Gasteiger partial charge on any atom is -0.408 e. The maximum Gasteiger partial charge on any atom is 0.372 e. The summed E-state index contributed by atoms with van der Waals surface area (Å²) in [5, 5.41) is 10.4.